The van der Waals surface area contributed by atoms with Crippen LogP contribution < -0.4 is 0 Å². The molecule has 0 bridgehead atoms. The van der Waals surface area contributed by atoms with E-state index in [2.05, 4.69) is 69.2 Å². The van der Waals surface area contributed by atoms with Crippen molar-refractivity contribution in [1.29, 1.82) is 0 Å². The van der Waals surface area contributed by atoms with Crippen molar-refractivity contribution in [2.75, 3.05) is 0 Å². The van der Waals surface area contributed by atoms with Crippen molar-refractivity contribution in [2.45, 2.75) is 69.2 Å². The number of hydrogen-bond donors (Lipinski definition) is 0. The first-order valence-electron chi connectivity index (χ1n) is 7.50. The SMILES string of the molecule is Cc1c(C)c(C)[c-](C)c1C.Cc1c(C)c(C)[c-](C)c1C.[NbH3]. The normalized spacial score (nSPS) is 10.0. The van der Waals surface area contributed by atoms with Gasteiger partial charge in [0, 0.05) is 0 Å². The van der Waals surface area contributed by atoms with Crippen molar-refractivity contribution < 1.29 is 22.4 Å². The molecule has 21 heavy (non-hydrogen) atoms. The zero-order valence-corrected chi connectivity index (χ0v) is 19.2. The molecular formula is C20H33Nb-2. The van der Waals surface area contributed by atoms with Crippen molar-refractivity contribution in [1.82, 2.24) is 0 Å². The number of hydrogen-bond acceptors (Lipinski definition) is 0. The van der Waals surface area contributed by atoms with Crippen molar-refractivity contribution in [3.63, 3.8) is 0 Å². The zero-order chi connectivity index (χ0) is 15.8. The Hall–Kier alpha value is -0.560. The first-order chi connectivity index (χ1) is 9.11. The van der Waals surface area contributed by atoms with Gasteiger partial charge in [0.05, 0.1) is 0 Å². The second-order valence-electron chi connectivity index (χ2n) is 6.25. The van der Waals surface area contributed by atoms with Crippen LogP contribution in [0.1, 0.15) is 55.6 Å². The maximum atomic E-state index is 2.20. The van der Waals surface area contributed by atoms with Crippen LogP contribution in [0.4, 0.5) is 0 Å². The maximum absolute atomic E-state index is 2.20. The number of rotatable bonds is 0. The Morgan fingerprint density at radius 3 is 0.619 bits per heavy atom. The molecule has 2 rings (SSSR count). The van der Waals surface area contributed by atoms with Gasteiger partial charge in [-0.15, -0.1) is 0 Å². The van der Waals surface area contributed by atoms with Gasteiger partial charge in [0.2, 0.25) is 0 Å². The second-order valence-corrected chi connectivity index (χ2v) is 6.25. The van der Waals surface area contributed by atoms with Crippen molar-refractivity contribution in [2.24, 2.45) is 0 Å². The van der Waals surface area contributed by atoms with Crippen LogP contribution in [-0.2, 0) is 22.4 Å². The summed E-state index contributed by atoms with van der Waals surface area (Å²) in [7, 11) is 0. The third-order valence-corrected chi connectivity index (χ3v) is 5.62. The third-order valence-electron chi connectivity index (χ3n) is 5.62. The Balaban J connectivity index is 0.000000364. The Kier molecular flexibility index (Phi) is 7.42. The van der Waals surface area contributed by atoms with E-state index in [0.717, 1.165) is 0 Å². The summed E-state index contributed by atoms with van der Waals surface area (Å²) in [6, 6.07) is 0. The Morgan fingerprint density at radius 2 is 0.571 bits per heavy atom. The minimum atomic E-state index is 0. The molecule has 1 heteroatoms. The van der Waals surface area contributed by atoms with Crippen LogP contribution in [0.2, 0.25) is 0 Å². The van der Waals surface area contributed by atoms with E-state index in [-0.39, 0.29) is 22.4 Å². The van der Waals surface area contributed by atoms with Gasteiger partial charge >= 0.3 is 22.4 Å². The van der Waals surface area contributed by atoms with Crippen molar-refractivity contribution >= 4 is 0 Å². The van der Waals surface area contributed by atoms with Gasteiger partial charge in [-0.1, -0.05) is 69.2 Å². The van der Waals surface area contributed by atoms with E-state index in [4.69, 9.17) is 0 Å². The summed E-state index contributed by atoms with van der Waals surface area (Å²) in [4.78, 5) is 0. The van der Waals surface area contributed by atoms with E-state index in [1.54, 1.807) is 0 Å². The predicted molar refractivity (Wildman–Crippen MR) is 95.6 cm³/mol. The Bertz CT molecular complexity index is 404. The van der Waals surface area contributed by atoms with Crippen LogP contribution in [0, 0.1) is 69.2 Å². The van der Waals surface area contributed by atoms with E-state index in [1.807, 2.05) is 0 Å². The molecule has 0 atom stereocenters. The molecule has 2 aromatic rings. The van der Waals surface area contributed by atoms with Gasteiger partial charge in [-0.25, -0.2) is 0 Å². The van der Waals surface area contributed by atoms with E-state index in [1.165, 1.54) is 55.6 Å². The standard InChI is InChI=1S/2C10H15.Nb.3H/c2*1-6-7(2)9(4)10(5)8(6)3;;;;/h2*1-5H3;;;;/q2*-1;;;;. The Labute approximate surface area is 147 Å². The molecule has 0 unspecified atom stereocenters. The topological polar surface area (TPSA) is 0 Å². The summed E-state index contributed by atoms with van der Waals surface area (Å²) in [6.45, 7) is 22.0. The van der Waals surface area contributed by atoms with Crippen molar-refractivity contribution in [3.05, 3.63) is 55.6 Å². The molecule has 2 aromatic carbocycles. The third kappa shape index (κ3) is 3.80. The van der Waals surface area contributed by atoms with Crippen LogP contribution in [0.15, 0.2) is 0 Å². The first kappa shape index (κ1) is 20.4. The summed E-state index contributed by atoms with van der Waals surface area (Å²) in [6.07, 6.45) is 0. The molecular weight excluding hydrogens is 333 g/mol. The van der Waals surface area contributed by atoms with Gasteiger partial charge in [-0.2, -0.15) is 55.6 Å². The first-order valence-corrected chi connectivity index (χ1v) is 7.50. The van der Waals surface area contributed by atoms with Gasteiger partial charge in [0.25, 0.3) is 0 Å². The quantitative estimate of drug-likeness (QED) is 0.450. The molecule has 0 N–H and O–H groups in total. The van der Waals surface area contributed by atoms with E-state index in [0.29, 0.717) is 0 Å². The van der Waals surface area contributed by atoms with Gasteiger partial charge in [0.15, 0.2) is 0 Å². The molecule has 0 aliphatic rings. The average molecular weight is 366 g/mol. The molecule has 0 aliphatic carbocycles. The van der Waals surface area contributed by atoms with Crippen LogP contribution in [0.25, 0.3) is 0 Å². The summed E-state index contributed by atoms with van der Waals surface area (Å²) in [5, 5.41) is 0. The van der Waals surface area contributed by atoms with Crippen molar-refractivity contribution in [3.8, 4) is 0 Å². The average Bonchev–Trinajstić information content (AvgIpc) is 2.71. The molecule has 0 amide bonds. The summed E-state index contributed by atoms with van der Waals surface area (Å²) < 4.78 is 0. The molecule has 0 fully saturated rings. The predicted octanol–water partition coefficient (Wildman–Crippen LogP) is 5.09. The van der Waals surface area contributed by atoms with Crippen LogP contribution in [-0.4, -0.2) is 0 Å². The van der Waals surface area contributed by atoms with E-state index < -0.39 is 0 Å². The molecule has 0 aromatic heterocycles. The minimum absolute atomic E-state index is 0. The molecule has 0 saturated heterocycles. The summed E-state index contributed by atoms with van der Waals surface area (Å²) >= 11 is 0. The molecule has 0 saturated carbocycles. The molecule has 120 valence electrons. The van der Waals surface area contributed by atoms with E-state index in [9.17, 15) is 0 Å². The van der Waals surface area contributed by atoms with Crippen LogP contribution >= 0.6 is 0 Å². The fourth-order valence-electron chi connectivity index (χ4n) is 2.81. The fourth-order valence-corrected chi connectivity index (χ4v) is 2.81. The molecule has 0 spiro atoms. The van der Waals surface area contributed by atoms with E-state index >= 15 is 0 Å². The van der Waals surface area contributed by atoms with Gasteiger partial charge < -0.3 is 0 Å². The summed E-state index contributed by atoms with van der Waals surface area (Å²) in [5.41, 5.74) is 14.7. The molecule has 0 heterocycles. The van der Waals surface area contributed by atoms with Gasteiger partial charge in [-0.3, -0.25) is 0 Å². The van der Waals surface area contributed by atoms with Crippen LogP contribution in [0.3, 0.4) is 0 Å². The Morgan fingerprint density at radius 1 is 0.429 bits per heavy atom. The monoisotopic (exact) mass is 366 g/mol. The zero-order valence-electron chi connectivity index (χ0n) is 15.7. The second kappa shape index (κ2) is 7.63. The molecule has 0 aliphatic heterocycles. The summed E-state index contributed by atoms with van der Waals surface area (Å²) in [5.74, 6) is 0. The van der Waals surface area contributed by atoms with Gasteiger partial charge in [0.1, 0.15) is 0 Å². The fraction of sp³-hybridized carbons (Fsp3) is 0.500. The molecule has 1 radical (unpaired) electrons. The van der Waals surface area contributed by atoms with Gasteiger partial charge in [-0.05, 0) is 0 Å². The molecule has 0 nitrogen and oxygen atoms in total. The van der Waals surface area contributed by atoms with Crippen LogP contribution in [0.5, 0.6) is 0 Å².